The summed E-state index contributed by atoms with van der Waals surface area (Å²) in [4.78, 5) is 20.0. The first-order chi connectivity index (χ1) is 15.2. The standard InChI is InChI=1S/C26H33N3O2/c1-2-11-27-13-15-28(16-14-27)22-8-9-23-21-10-12-29(25(17-21)24(23)18-22)26(30)31-19-20-6-4-3-5-7-20/h3-9,18,21,25H,2,10-17,19H2,1H3/t21?,25-/m1/s1. The third-order valence-corrected chi connectivity index (χ3v) is 7.19. The average Bonchev–Trinajstić information content (AvgIpc) is 3.10. The number of amides is 1. The molecule has 2 heterocycles. The van der Waals surface area contributed by atoms with Crippen LogP contribution in [-0.4, -0.2) is 55.2 Å². The van der Waals surface area contributed by atoms with Gasteiger partial charge in [0, 0.05) is 38.4 Å². The fraction of sp³-hybridized carbons (Fsp3) is 0.500. The molecule has 0 radical (unpaired) electrons. The van der Waals surface area contributed by atoms with Gasteiger partial charge in [-0.05, 0) is 60.5 Å². The van der Waals surface area contributed by atoms with Crippen LogP contribution in [-0.2, 0) is 11.3 Å². The first-order valence-corrected chi connectivity index (χ1v) is 11.8. The van der Waals surface area contributed by atoms with Crippen molar-refractivity contribution in [1.82, 2.24) is 9.80 Å². The third-order valence-electron chi connectivity index (χ3n) is 7.19. The topological polar surface area (TPSA) is 36.0 Å². The summed E-state index contributed by atoms with van der Waals surface area (Å²) in [5, 5.41) is 0. The average molecular weight is 420 g/mol. The normalized spacial score (nSPS) is 23.0. The van der Waals surface area contributed by atoms with Crippen LogP contribution in [0.5, 0.6) is 0 Å². The fourth-order valence-electron chi connectivity index (χ4n) is 5.53. The molecule has 2 fully saturated rings. The lowest BCUT2D eigenvalue weighted by molar-refractivity contribution is 0.0694. The minimum Gasteiger partial charge on any atom is -0.445 e. The van der Waals surface area contributed by atoms with Crippen LogP contribution in [0.4, 0.5) is 10.5 Å². The molecule has 1 aliphatic carbocycles. The Bertz CT molecular complexity index is 908. The Balaban J connectivity index is 1.28. The number of hydrogen-bond donors (Lipinski definition) is 0. The minimum atomic E-state index is -0.182. The summed E-state index contributed by atoms with van der Waals surface area (Å²) in [6.07, 6.45) is 3.10. The zero-order valence-corrected chi connectivity index (χ0v) is 18.5. The summed E-state index contributed by atoms with van der Waals surface area (Å²) in [6.45, 7) is 8.99. The van der Waals surface area contributed by atoms with Crippen molar-refractivity contribution in [2.75, 3.05) is 44.2 Å². The summed E-state index contributed by atoms with van der Waals surface area (Å²) < 4.78 is 5.69. The highest BCUT2D eigenvalue weighted by Gasteiger charge is 2.41. The number of carbonyl (C=O) groups excluding carboxylic acids is 1. The summed E-state index contributed by atoms with van der Waals surface area (Å²) in [5.41, 5.74) is 5.12. The molecule has 1 unspecified atom stereocenters. The van der Waals surface area contributed by atoms with Gasteiger partial charge in [-0.2, -0.15) is 0 Å². The number of ether oxygens (including phenoxy) is 1. The SMILES string of the molecule is CCCN1CCN(c2ccc3c(c2)[C@H]2CC3CCN2C(=O)OCc2ccccc2)CC1. The predicted octanol–water partition coefficient (Wildman–Crippen LogP) is 4.79. The van der Waals surface area contributed by atoms with Crippen molar-refractivity contribution in [3.63, 3.8) is 0 Å². The summed E-state index contributed by atoms with van der Waals surface area (Å²) in [6, 6.07) is 17.1. The lowest BCUT2D eigenvalue weighted by atomic mass is 9.96. The second-order valence-electron chi connectivity index (χ2n) is 9.11. The van der Waals surface area contributed by atoms with Crippen LogP contribution < -0.4 is 4.90 Å². The van der Waals surface area contributed by atoms with Crippen molar-refractivity contribution in [3.8, 4) is 0 Å². The number of likely N-dealkylation sites (tertiary alicyclic amines) is 1. The molecule has 2 saturated heterocycles. The van der Waals surface area contributed by atoms with Crippen molar-refractivity contribution in [3.05, 3.63) is 65.2 Å². The number of benzene rings is 2. The van der Waals surface area contributed by atoms with Gasteiger partial charge >= 0.3 is 6.09 Å². The first-order valence-electron chi connectivity index (χ1n) is 11.8. The number of piperazine rings is 1. The Kier molecular flexibility index (Phi) is 5.86. The maximum atomic E-state index is 12.9. The van der Waals surface area contributed by atoms with Gasteiger partial charge in [-0.25, -0.2) is 4.79 Å². The lowest BCUT2D eigenvalue weighted by Gasteiger charge is -2.36. The molecule has 5 heteroatoms. The quantitative estimate of drug-likeness (QED) is 0.698. The van der Waals surface area contributed by atoms with Crippen molar-refractivity contribution in [2.24, 2.45) is 0 Å². The van der Waals surface area contributed by atoms with E-state index in [4.69, 9.17) is 4.74 Å². The van der Waals surface area contributed by atoms with Gasteiger partial charge < -0.3 is 14.5 Å². The summed E-state index contributed by atoms with van der Waals surface area (Å²) >= 11 is 0. The minimum absolute atomic E-state index is 0.151. The van der Waals surface area contributed by atoms with Crippen LogP contribution in [0.25, 0.3) is 0 Å². The van der Waals surface area contributed by atoms with Crippen molar-refractivity contribution < 1.29 is 9.53 Å². The van der Waals surface area contributed by atoms with Gasteiger partial charge in [0.15, 0.2) is 0 Å². The van der Waals surface area contributed by atoms with Crippen molar-refractivity contribution >= 4 is 11.8 Å². The molecule has 1 amide bonds. The van der Waals surface area contributed by atoms with Crippen LogP contribution in [0.3, 0.4) is 0 Å². The molecule has 0 spiro atoms. The molecule has 164 valence electrons. The molecule has 5 rings (SSSR count). The van der Waals surface area contributed by atoms with Crippen molar-refractivity contribution in [2.45, 2.75) is 44.8 Å². The molecule has 3 aliphatic rings. The largest absolute Gasteiger partial charge is 0.445 e. The van der Waals surface area contributed by atoms with Crippen LogP contribution in [0.2, 0.25) is 0 Å². The van der Waals surface area contributed by atoms with Crippen LogP contribution in [0.1, 0.15) is 54.8 Å². The highest BCUT2D eigenvalue weighted by molar-refractivity contribution is 5.70. The van der Waals surface area contributed by atoms with E-state index < -0.39 is 0 Å². The molecule has 0 aromatic heterocycles. The van der Waals surface area contributed by atoms with Gasteiger partial charge in [-0.15, -0.1) is 0 Å². The van der Waals surface area contributed by atoms with Crippen molar-refractivity contribution in [1.29, 1.82) is 0 Å². The monoisotopic (exact) mass is 419 g/mol. The summed E-state index contributed by atoms with van der Waals surface area (Å²) in [7, 11) is 0. The number of piperidine rings is 1. The second-order valence-corrected chi connectivity index (χ2v) is 9.11. The molecule has 2 aromatic carbocycles. The highest BCUT2D eigenvalue weighted by atomic mass is 16.6. The van der Waals surface area contributed by atoms with Crippen LogP contribution in [0, 0.1) is 0 Å². The van der Waals surface area contributed by atoms with Gasteiger partial charge in [0.1, 0.15) is 6.61 Å². The zero-order chi connectivity index (χ0) is 21.2. The van der Waals surface area contributed by atoms with Gasteiger partial charge in [0.05, 0.1) is 6.04 Å². The smallest absolute Gasteiger partial charge is 0.410 e. The highest BCUT2D eigenvalue weighted by Crippen LogP contribution is 2.50. The molecule has 31 heavy (non-hydrogen) atoms. The first kappa shape index (κ1) is 20.4. The Labute approximate surface area is 185 Å². The molecular formula is C26H33N3O2. The Morgan fingerprint density at radius 1 is 1.00 bits per heavy atom. The number of carbonyl (C=O) groups is 1. The predicted molar refractivity (Wildman–Crippen MR) is 123 cm³/mol. The maximum Gasteiger partial charge on any atom is 0.410 e. The Morgan fingerprint density at radius 3 is 2.58 bits per heavy atom. The van der Waals surface area contributed by atoms with E-state index in [1.165, 1.54) is 29.8 Å². The number of anilines is 1. The van der Waals surface area contributed by atoms with E-state index >= 15 is 0 Å². The van der Waals surface area contributed by atoms with Gasteiger partial charge in [0.25, 0.3) is 0 Å². The number of hydrogen-bond acceptors (Lipinski definition) is 4. The molecule has 5 nitrogen and oxygen atoms in total. The number of rotatable bonds is 5. The second kappa shape index (κ2) is 8.91. The molecule has 0 N–H and O–H groups in total. The lowest BCUT2D eigenvalue weighted by Crippen LogP contribution is -2.46. The van der Waals surface area contributed by atoms with E-state index in [0.29, 0.717) is 12.5 Å². The number of nitrogens with zero attached hydrogens (tertiary/aromatic N) is 3. The van der Waals surface area contributed by atoms with Crippen LogP contribution >= 0.6 is 0 Å². The molecule has 2 aromatic rings. The Hall–Kier alpha value is -2.53. The van der Waals surface area contributed by atoms with E-state index in [-0.39, 0.29) is 12.1 Å². The van der Waals surface area contributed by atoms with E-state index in [9.17, 15) is 4.79 Å². The van der Waals surface area contributed by atoms with E-state index in [1.807, 2.05) is 35.2 Å². The maximum absolute atomic E-state index is 12.9. The Morgan fingerprint density at radius 2 is 1.81 bits per heavy atom. The molecule has 2 atom stereocenters. The van der Waals surface area contributed by atoms with E-state index in [1.54, 1.807) is 0 Å². The molecule has 0 saturated carbocycles. The van der Waals surface area contributed by atoms with E-state index in [0.717, 1.165) is 51.1 Å². The molecular weight excluding hydrogens is 386 g/mol. The zero-order valence-electron chi connectivity index (χ0n) is 18.5. The van der Waals surface area contributed by atoms with Gasteiger partial charge in [-0.1, -0.05) is 43.3 Å². The van der Waals surface area contributed by atoms with Gasteiger partial charge in [0.2, 0.25) is 0 Å². The third kappa shape index (κ3) is 4.16. The van der Waals surface area contributed by atoms with Gasteiger partial charge in [-0.3, -0.25) is 4.90 Å². The van der Waals surface area contributed by atoms with E-state index in [2.05, 4.69) is 34.9 Å². The number of fused-ring (bicyclic) bond motifs is 5. The molecule has 2 aliphatic heterocycles. The summed E-state index contributed by atoms with van der Waals surface area (Å²) in [5.74, 6) is 0.577. The fourth-order valence-corrected chi connectivity index (χ4v) is 5.53. The molecule has 2 bridgehead atoms. The van der Waals surface area contributed by atoms with Crippen LogP contribution in [0.15, 0.2) is 48.5 Å².